The molecule has 38 heavy (non-hydrogen) atoms. The van der Waals surface area contributed by atoms with Crippen LogP contribution in [0.3, 0.4) is 0 Å². The molecule has 1 N–H and O–H groups in total. The molecule has 0 radical (unpaired) electrons. The van der Waals surface area contributed by atoms with Crippen molar-refractivity contribution in [3.05, 3.63) is 152 Å². The Balaban J connectivity index is 0.000000162. The predicted molar refractivity (Wildman–Crippen MR) is 146 cm³/mol. The monoisotopic (exact) mass is 505 g/mol. The zero-order valence-corrected chi connectivity index (χ0v) is 20.2. The third-order valence-electron chi connectivity index (χ3n) is 6.30. The minimum atomic E-state index is -0.379. The SMILES string of the molecule is O=[N+]([O-])c1cccc2c1[nH]c1ccccc12.O=[N+]([O-])c1coc(Cc2ccccc2)c1Cc1ccccc1. The maximum atomic E-state index is 11.2. The van der Waals surface area contributed by atoms with Gasteiger partial charge in [-0.25, -0.2) is 0 Å². The van der Waals surface area contributed by atoms with Gasteiger partial charge < -0.3 is 9.40 Å². The van der Waals surface area contributed by atoms with Crippen molar-refractivity contribution < 1.29 is 14.3 Å². The first kappa shape index (κ1) is 24.5. The molecule has 0 aliphatic heterocycles. The zero-order chi connectivity index (χ0) is 26.5. The molecule has 6 rings (SSSR count). The zero-order valence-electron chi connectivity index (χ0n) is 20.2. The van der Waals surface area contributed by atoms with Gasteiger partial charge in [0.2, 0.25) is 0 Å². The van der Waals surface area contributed by atoms with Crippen LogP contribution >= 0.6 is 0 Å². The molecule has 0 amide bonds. The van der Waals surface area contributed by atoms with Crippen molar-refractivity contribution in [3.63, 3.8) is 0 Å². The van der Waals surface area contributed by atoms with Crippen molar-refractivity contribution in [2.45, 2.75) is 12.8 Å². The van der Waals surface area contributed by atoms with Gasteiger partial charge >= 0.3 is 5.69 Å². The molecule has 0 spiro atoms. The van der Waals surface area contributed by atoms with Crippen molar-refractivity contribution in [2.75, 3.05) is 0 Å². The lowest BCUT2D eigenvalue weighted by atomic mass is 10.0. The fourth-order valence-electron chi connectivity index (χ4n) is 4.49. The molecule has 0 aliphatic rings. The van der Waals surface area contributed by atoms with E-state index in [1.165, 1.54) is 12.3 Å². The molecule has 8 heteroatoms. The molecule has 0 fully saturated rings. The number of nitro groups is 2. The average molecular weight is 506 g/mol. The van der Waals surface area contributed by atoms with Crippen molar-refractivity contribution in [2.24, 2.45) is 0 Å². The highest BCUT2D eigenvalue weighted by Gasteiger charge is 2.23. The number of aromatic amines is 1. The second-order valence-electron chi connectivity index (χ2n) is 8.73. The highest BCUT2D eigenvalue weighted by molar-refractivity contribution is 6.09. The number of nitrogens with zero attached hydrogens (tertiary/aromatic N) is 2. The van der Waals surface area contributed by atoms with Crippen molar-refractivity contribution in [3.8, 4) is 0 Å². The Morgan fingerprint density at radius 3 is 1.87 bits per heavy atom. The number of non-ortho nitro benzene ring substituents is 1. The van der Waals surface area contributed by atoms with Gasteiger partial charge in [-0.05, 0) is 17.2 Å². The highest BCUT2D eigenvalue weighted by Crippen LogP contribution is 2.31. The van der Waals surface area contributed by atoms with Crippen LogP contribution in [-0.2, 0) is 12.8 Å². The number of H-pyrrole nitrogens is 1. The number of fused-ring (bicyclic) bond motifs is 3. The maximum Gasteiger partial charge on any atom is 0.310 e. The van der Waals surface area contributed by atoms with Crippen LogP contribution in [0.5, 0.6) is 0 Å². The smallest absolute Gasteiger partial charge is 0.310 e. The molecule has 2 aromatic heterocycles. The van der Waals surface area contributed by atoms with Crippen LogP contribution in [-0.4, -0.2) is 14.8 Å². The fraction of sp³-hybridized carbons (Fsp3) is 0.0667. The predicted octanol–water partition coefficient (Wildman–Crippen LogP) is 7.60. The first-order valence-corrected chi connectivity index (χ1v) is 12.0. The van der Waals surface area contributed by atoms with E-state index in [2.05, 4.69) is 4.98 Å². The van der Waals surface area contributed by atoms with Crippen molar-refractivity contribution >= 4 is 33.2 Å². The number of hydrogen-bond acceptors (Lipinski definition) is 5. The summed E-state index contributed by atoms with van der Waals surface area (Å²) in [5.41, 5.74) is 4.44. The largest absolute Gasteiger partial charge is 0.461 e. The highest BCUT2D eigenvalue weighted by atomic mass is 16.6. The number of nitrogens with one attached hydrogen (secondary N) is 1. The quantitative estimate of drug-likeness (QED) is 0.185. The van der Waals surface area contributed by atoms with Crippen LogP contribution in [0.15, 0.2) is 114 Å². The van der Waals surface area contributed by atoms with E-state index in [1.807, 2.05) is 91.0 Å². The number of rotatable bonds is 6. The number of nitro benzene ring substituents is 1. The van der Waals surface area contributed by atoms with Gasteiger partial charge in [0.25, 0.3) is 5.69 Å². The van der Waals surface area contributed by atoms with Crippen LogP contribution in [0.4, 0.5) is 11.4 Å². The van der Waals surface area contributed by atoms with Gasteiger partial charge in [0.05, 0.1) is 15.4 Å². The Morgan fingerprint density at radius 2 is 1.21 bits per heavy atom. The lowest BCUT2D eigenvalue weighted by molar-refractivity contribution is -0.385. The number of para-hydroxylation sites is 2. The number of hydrogen-bond donors (Lipinski definition) is 1. The first-order valence-electron chi connectivity index (χ1n) is 12.0. The summed E-state index contributed by atoms with van der Waals surface area (Å²) in [6.07, 6.45) is 2.29. The van der Waals surface area contributed by atoms with E-state index in [-0.39, 0.29) is 21.2 Å². The number of furan rings is 1. The molecule has 0 aliphatic carbocycles. The fourth-order valence-corrected chi connectivity index (χ4v) is 4.49. The summed E-state index contributed by atoms with van der Waals surface area (Å²) in [5, 5.41) is 24.0. The normalized spacial score (nSPS) is 10.7. The maximum absolute atomic E-state index is 11.2. The summed E-state index contributed by atoms with van der Waals surface area (Å²) >= 11 is 0. The van der Waals surface area contributed by atoms with Gasteiger partial charge in [0, 0.05) is 35.2 Å². The molecular formula is C30H23N3O5. The Bertz CT molecular complexity index is 1720. The van der Waals surface area contributed by atoms with Gasteiger partial charge in [-0.15, -0.1) is 0 Å². The Hall–Kier alpha value is -5.24. The standard InChI is InChI=1S/C18H15NO3.C12H8N2O2/c20-19(21)17-13-22-18(12-15-9-5-2-6-10-15)16(17)11-14-7-3-1-4-8-14;15-14(16)11-7-3-5-9-8-4-1-2-6-10(8)13-12(9)11/h1-10,13H,11-12H2;1-7,13H. The summed E-state index contributed by atoms with van der Waals surface area (Å²) < 4.78 is 5.49. The van der Waals surface area contributed by atoms with Gasteiger partial charge in [-0.1, -0.05) is 91.0 Å². The topological polar surface area (TPSA) is 115 Å². The molecule has 0 saturated heterocycles. The molecule has 8 nitrogen and oxygen atoms in total. The first-order chi connectivity index (χ1) is 18.5. The second kappa shape index (κ2) is 10.8. The third kappa shape index (κ3) is 5.15. The molecule has 4 aromatic carbocycles. The van der Waals surface area contributed by atoms with Crippen molar-refractivity contribution in [1.82, 2.24) is 4.98 Å². The Kier molecular flexibility index (Phi) is 6.95. The molecule has 0 bridgehead atoms. The van der Waals surface area contributed by atoms with E-state index in [4.69, 9.17) is 4.42 Å². The van der Waals surface area contributed by atoms with Crippen LogP contribution in [0.1, 0.15) is 22.5 Å². The van der Waals surface area contributed by atoms with Crippen molar-refractivity contribution in [1.29, 1.82) is 0 Å². The molecule has 0 atom stereocenters. The van der Waals surface area contributed by atoms with Gasteiger partial charge in [-0.3, -0.25) is 20.2 Å². The van der Waals surface area contributed by atoms with E-state index < -0.39 is 0 Å². The molecule has 6 aromatic rings. The molecule has 0 unspecified atom stereocenters. The Morgan fingerprint density at radius 1 is 0.632 bits per heavy atom. The van der Waals surface area contributed by atoms with Crippen LogP contribution in [0.2, 0.25) is 0 Å². The van der Waals surface area contributed by atoms with Gasteiger partial charge in [0.15, 0.2) is 6.26 Å². The van der Waals surface area contributed by atoms with Crippen LogP contribution < -0.4 is 0 Å². The van der Waals surface area contributed by atoms with Gasteiger partial charge in [0.1, 0.15) is 11.3 Å². The van der Waals surface area contributed by atoms with E-state index in [0.29, 0.717) is 29.7 Å². The summed E-state index contributed by atoms with van der Waals surface area (Å²) in [5.74, 6) is 0.654. The lowest BCUT2D eigenvalue weighted by Crippen LogP contribution is -1.98. The van der Waals surface area contributed by atoms with Gasteiger partial charge in [-0.2, -0.15) is 0 Å². The average Bonchev–Trinajstić information content (AvgIpc) is 3.51. The van der Waals surface area contributed by atoms with E-state index in [9.17, 15) is 20.2 Å². The molecule has 188 valence electrons. The minimum absolute atomic E-state index is 0.0507. The van der Waals surface area contributed by atoms with E-state index in [1.54, 1.807) is 6.07 Å². The van der Waals surface area contributed by atoms with E-state index in [0.717, 1.165) is 27.4 Å². The summed E-state index contributed by atoms with van der Waals surface area (Å²) in [7, 11) is 0. The second-order valence-corrected chi connectivity index (χ2v) is 8.73. The molecule has 0 saturated carbocycles. The van der Waals surface area contributed by atoms with E-state index >= 15 is 0 Å². The Labute approximate surface area is 217 Å². The summed E-state index contributed by atoms with van der Waals surface area (Å²) in [6.45, 7) is 0. The lowest BCUT2D eigenvalue weighted by Gasteiger charge is -2.03. The number of benzene rings is 4. The third-order valence-corrected chi connectivity index (χ3v) is 6.30. The van der Waals surface area contributed by atoms with Crippen LogP contribution in [0, 0.1) is 20.2 Å². The molecular weight excluding hydrogens is 482 g/mol. The summed E-state index contributed by atoms with van der Waals surface area (Å²) in [4.78, 5) is 24.4. The summed E-state index contributed by atoms with van der Waals surface area (Å²) in [6, 6.07) is 32.3. The molecule has 2 heterocycles. The number of aromatic nitrogens is 1. The minimum Gasteiger partial charge on any atom is -0.461 e. The van der Waals surface area contributed by atoms with Crippen LogP contribution in [0.25, 0.3) is 21.8 Å².